The van der Waals surface area contributed by atoms with Gasteiger partial charge in [-0.1, -0.05) is 58.4 Å². The lowest BCUT2D eigenvalue weighted by Crippen LogP contribution is -2.33. The Morgan fingerprint density at radius 1 is 1.05 bits per heavy atom. The summed E-state index contributed by atoms with van der Waals surface area (Å²) in [7, 11) is 0. The molecule has 102 valence electrons. The number of nitrogens with zero attached hydrogens (tertiary/aromatic N) is 1. The normalized spacial score (nSPS) is 13.8. The largest absolute Gasteiger partial charge is 0.307 e. The minimum absolute atomic E-state index is 0.794. The lowest BCUT2D eigenvalue weighted by molar-refractivity contribution is 0.677. The molecular formula is C17H17BrN2. The van der Waals surface area contributed by atoms with Gasteiger partial charge in [0.2, 0.25) is 0 Å². The Labute approximate surface area is 127 Å². The minimum atomic E-state index is 0.794. The number of pyridine rings is 1. The van der Waals surface area contributed by atoms with Crippen LogP contribution in [0.25, 0.3) is 10.6 Å². The molecule has 3 rings (SSSR count). The lowest BCUT2D eigenvalue weighted by Gasteiger charge is -2.08. The molecular weight excluding hydrogens is 312 g/mol. The number of hydrogen-bond acceptors (Lipinski definition) is 2. The molecule has 0 unspecified atom stereocenters. The summed E-state index contributed by atoms with van der Waals surface area (Å²) in [5, 5.41) is 5.79. The van der Waals surface area contributed by atoms with E-state index in [-0.39, 0.29) is 0 Å². The summed E-state index contributed by atoms with van der Waals surface area (Å²) in [6.45, 7) is 1.67. The zero-order valence-electron chi connectivity index (χ0n) is 11.3. The van der Waals surface area contributed by atoms with Crippen molar-refractivity contribution < 1.29 is 0 Å². The molecule has 0 spiro atoms. The van der Waals surface area contributed by atoms with Crippen LogP contribution in [0.3, 0.4) is 0 Å². The molecule has 0 aliphatic heterocycles. The van der Waals surface area contributed by atoms with Gasteiger partial charge in [0.15, 0.2) is 0 Å². The second-order valence-electron chi connectivity index (χ2n) is 4.98. The molecule has 0 bridgehead atoms. The van der Waals surface area contributed by atoms with Crippen LogP contribution in [-0.2, 0) is 13.1 Å². The van der Waals surface area contributed by atoms with Crippen molar-refractivity contribution in [2.45, 2.75) is 25.9 Å². The van der Waals surface area contributed by atoms with Crippen LogP contribution in [0.4, 0.5) is 0 Å². The summed E-state index contributed by atoms with van der Waals surface area (Å²) in [5.41, 5.74) is 2.39. The van der Waals surface area contributed by atoms with Crippen molar-refractivity contribution in [1.82, 2.24) is 10.3 Å². The van der Waals surface area contributed by atoms with Crippen LogP contribution in [0.15, 0.2) is 42.5 Å². The predicted molar refractivity (Wildman–Crippen MR) is 86.5 cm³/mol. The van der Waals surface area contributed by atoms with Crippen molar-refractivity contribution >= 4 is 26.5 Å². The molecule has 0 atom stereocenters. The third-order valence-electron chi connectivity index (χ3n) is 3.45. The molecule has 1 N–H and O–H groups in total. The quantitative estimate of drug-likeness (QED) is 0.932. The number of aromatic nitrogens is 1. The zero-order valence-corrected chi connectivity index (χ0v) is 12.9. The molecule has 1 aromatic heterocycles. The Morgan fingerprint density at radius 2 is 1.90 bits per heavy atom. The van der Waals surface area contributed by atoms with Gasteiger partial charge in [-0.05, 0) is 29.7 Å². The number of rotatable bonds is 4. The van der Waals surface area contributed by atoms with E-state index in [0.717, 1.165) is 37.0 Å². The standard InChI is InChI=1S/C17H17BrN2/c18-16-8-4-7-14-9-10-15(20-17(14)16)12-19-11-13-5-2-1-3-6-13/h1-3,5-7,9-10,19H,4,8,11-12H2. The first-order valence-electron chi connectivity index (χ1n) is 6.92. The second kappa shape index (κ2) is 6.33. The first-order chi connectivity index (χ1) is 9.83. The predicted octanol–water partition coefficient (Wildman–Crippen LogP) is 2.45. The Balaban J connectivity index is 1.70. The SMILES string of the molecule is BrC1=c2nc(CNCc3ccccc3)ccc2=CCC1. The summed E-state index contributed by atoms with van der Waals surface area (Å²) in [6.07, 6.45) is 4.41. The maximum absolute atomic E-state index is 4.75. The first-order valence-corrected chi connectivity index (χ1v) is 7.72. The van der Waals surface area contributed by atoms with Gasteiger partial charge in [-0.2, -0.15) is 0 Å². The fourth-order valence-electron chi connectivity index (χ4n) is 2.39. The molecule has 0 fully saturated rings. The average Bonchev–Trinajstić information content (AvgIpc) is 2.49. The molecule has 1 aromatic carbocycles. The third-order valence-corrected chi connectivity index (χ3v) is 4.22. The van der Waals surface area contributed by atoms with E-state index in [1.807, 2.05) is 6.07 Å². The molecule has 0 radical (unpaired) electrons. The van der Waals surface area contributed by atoms with E-state index < -0.39 is 0 Å². The van der Waals surface area contributed by atoms with E-state index in [2.05, 4.69) is 63.7 Å². The van der Waals surface area contributed by atoms with Gasteiger partial charge < -0.3 is 5.32 Å². The number of hydrogen-bond donors (Lipinski definition) is 1. The highest BCUT2D eigenvalue weighted by Crippen LogP contribution is 2.13. The highest BCUT2D eigenvalue weighted by atomic mass is 79.9. The van der Waals surface area contributed by atoms with Gasteiger partial charge >= 0.3 is 0 Å². The van der Waals surface area contributed by atoms with Crippen molar-refractivity contribution in [3.8, 4) is 0 Å². The molecule has 0 saturated heterocycles. The van der Waals surface area contributed by atoms with Gasteiger partial charge in [-0.3, -0.25) is 4.98 Å². The van der Waals surface area contributed by atoms with E-state index in [0.29, 0.717) is 0 Å². The van der Waals surface area contributed by atoms with Crippen LogP contribution < -0.4 is 15.9 Å². The second-order valence-corrected chi connectivity index (χ2v) is 5.93. The number of nitrogens with one attached hydrogen (secondary N) is 1. The first kappa shape index (κ1) is 13.5. The van der Waals surface area contributed by atoms with Gasteiger partial charge in [0.25, 0.3) is 0 Å². The highest BCUT2D eigenvalue weighted by Gasteiger charge is 2.03. The highest BCUT2D eigenvalue weighted by molar-refractivity contribution is 9.14. The summed E-state index contributed by atoms with van der Waals surface area (Å²) in [4.78, 5) is 4.75. The maximum atomic E-state index is 4.75. The zero-order chi connectivity index (χ0) is 13.8. The van der Waals surface area contributed by atoms with Gasteiger partial charge in [0.05, 0.1) is 11.0 Å². The number of fused-ring (bicyclic) bond motifs is 1. The molecule has 1 heterocycles. The van der Waals surface area contributed by atoms with Crippen LogP contribution in [0, 0.1) is 0 Å². The monoisotopic (exact) mass is 328 g/mol. The van der Waals surface area contributed by atoms with E-state index >= 15 is 0 Å². The van der Waals surface area contributed by atoms with Gasteiger partial charge in [0.1, 0.15) is 0 Å². The number of benzene rings is 1. The van der Waals surface area contributed by atoms with Crippen LogP contribution in [-0.4, -0.2) is 4.98 Å². The van der Waals surface area contributed by atoms with E-state index in [1.165, 1.54) is 15.3 Å². The lowest BCUT2D eigenvalue weighted by atomic mass is 10.1. The summed E-state index contributed by atoms with van der Waals surface area (Å²) >= 11 is 3.64. The van der Waals surface area contributed by atoms with Crippen LogP contribution in [0.1, 0.15) is 24.1 Å². The smallest absolute Gasteiger partial charge is 0.0803 e. The summed E-state index contributed by atoms with van der Waals surface area (Å²) in [6, 6.07) is 14.7. The molecule has 1 aliphatic rings. The molecule has 20 heavy (non-hydrogen) atoms. The topological polar surface area (TPSA) is 24.9 Å². The Morgan fingerprint density at radius 3 is 2.75 bits per heavy atom. The van der Waals surface area contributed by atoms with Crippen LogP contribution in [0.2, 0.25) is 0 Å². The van der Waals surface area contributed by atoms with Crippen LogP contribution in [0.5, 0.6) is 0 Å². The molecule has 3 heteroatoms. The van der Waals surface area contributed by atoms with Crippen molar-refractivity contribution in [1.29, 1.82) is 0 Å². The minimum Gasteiger partial charge on any atom is -0.307 e. The van der Waals surface area contributed by atoms with Crippen molar-refractivity contribution in [3.05, 3.63) is 64.3 Å². The molecule has 0 amide bonds. The van der Waals surface area contributed by atoms with E-state index in [1.54, 1.807) is 0 Å². The molecule has 2 aromatic rings. The summed E-state index contributed by atoms with van der Waals surface area (Å²) in [5.74, 6) is 0. The molecule has 0 saturated carbocycles. The van der Waals surface area contributed by atoms with Crippen molar-refractivity contribution in [2.24, 2.45) is 0 Å². The fourth-order valence-corrected chi connectivity index (χ4v) is 2.94. The Kier molecular flexibility index (Phi) is 4.28. The molecule has 1 aliphatic carbocycles. The average molecular weight is 329 g/mol. The third kappa shape index (κ3) is 3.17. The van der Waals surface area contributed by atoms with Gasteiger partial charge in [0, 0.05) is 17.6 Å². The van der Waals surface area contributed by atoms with Crippen LogP contribution >= 0.6 is 15.9 Å². The maximum Gasteiger partial charge on any atom is 0.0803 e. The van der Waals surface area contributed by atoms with Gasteiger partial charge in [-0.25, -0.2) is 0 Å². The Hall–Kier alpha value is -1.45. The Bertz CT molecular complexity index is 708. The molecule has 2 nitrogen and oxygen atoms in total. The van der Waals surface area contributed by atoms with E-state index in [4.69, 9.17) is 4.98 Å². The summed E-state index contributed by atoms with van der Waals surface area (Å²) < 4.78 is 1.22. The van der Waals surface area contributed by atoms with E-state index in [9.17, 15) is 0 Å². The fraction of sp³-hybridized carbons (Fsp3) is 0.235. The van der Waals surface area contributed by atoms with Crippen molar-refractivity contribution in [3.63, 3.8) is 0 Å². The van der Waals surface area contributed by atoms with Gasteiger partial charge in [-0.15, -0.1) is 0 Å². The van der Waals surface area contributed by atoms with Crippen molar-refractivity contribution in [2.75, 3.05) is 0 Å². The number of halogens is 1.